The number of halogens is 3. The second-order valence-electron chi connectivity index (χ2n) is 8.52. The maximum Gasteiger partial charge on any atom is 0.573 e. The van der Waals surface area contributed by atoms with Gasteiger partial charge in [-0.05, 0) is 54.8 Å². The van der Waals surface area contributed by atoms with E-state index in [9.17, 15) is 28.3 Å². The number of carbonyl (C=O) groups is 1. The van der Waals surface area contributed by atoms with E-state index in [0.717, 1.165) is 19.3 Å². The fourth-order valence-electron chi connectivity index (χ4n) is 4.46. The van der Waals surface area contributed by atoms with Gasteiger partial charge in [0.2, 0.25) is 0 Å². The molecule has 6 nitrogen and oxygen atoms in total. The van der Waals surface area contributed by atoms with Crippen LogP contribution in [0.4, 0.5) is 13.2 Å². The molecule has 34 heavy (non-hydrogen) atoms. The molecule has 0 saturated heterocycles. The van der Waals surface area contributed by atoms with Gasteiger partial charge in [0.05, 0.1) is 17.7 Å². The van der Waals surface area contributed by atoms with Gasteiger partial charge < -0.3 is 19.7 Å². The molecular formula is C25H24F3N3O3. The summed E-state index contributed by atoms with van der Waals surface area (Å²) in [5.74, 6) is -0.711. The number of amides is 1. The molecule has 2 aromatic carbocycles. The summed E-state index contributed by atoms with van der Waals surface area (Å²) in [6.07, 6.45) is -1.73. The van der Waals surface area contributed by atoms with E-state index >= 15 is 0 Å². The Morgan fingerprint density at radius 1 is 1.18 bits per heavy atom. The van der Waals surface area contributed by atoms with Gasteiger partial charge in [-0.15, -0.1) is 13.2 Å². The number of nitrogens with zero attached hydrogens (tertiary/aromatic N) is 2. The number of benzene rings is 2. The molecule has 178 valence electrons. The molecule has 0 radical (unpaired) electrons. The van der Waals surface area contributed by atoms with Gasteiger partial charge in [-0.1, -0.05) is 25.0 Å². The van der Waals surface area contributed by atoms with E-state index < -0.39 is 12.5 Å². The standard InChI is InChI=1S/C25H24F3N3O3/c26-25(27,28)34-20-6-3-4-17(11-20)15-31-21-9-8-16(13-29)10-19(21)12-22(31)24(33)30-14-18-5-1-2-7-23(18)32/h3-4,6,8-12,18,23,32H,1-2,5,7,14-15H2,(H,30,33)/t18-,23+/m1/s1. The van der Waals surface area contributed by atoms with Gasteiger partial charge in [-0.3, -0.25) is 4.79 Å². The van der Waals surface area contributed by atoms with Crippen LogP contribution in [0.5, 0.6) is 5.75 Å². The molecule has 1 heterocycles. The molecule has 1 amide bonds. The van der Waals surface area contributed by atoms with E-state index in [1.165, 1.54) is 18.2 Å². The zero-order valence-corrected chi connectivity index (χ0v) is 18.3. The topological polar surface area (TPSA) is 87.3 Å². The molecule has 0 bridgehead atoms. The summed E-state index contributed by atoms with van der Waals surface area (Å²) in [7, 11) is 0. The first kappa shape index (κ1) is 23.6. The largest absolute Gasteiger partial charge is 0.573 e. The van der Waals surface area contributed by atoms with E-state index in [1.807, 2.05) is 0 Å². The van der Waals surface area contributed by atoms with Crippen molar-refractivity contribution in [3.8, 4) is 11.8 Å². The van der Waals surface area contributed by atoms with Crippen molar-refractivity contribution >= 4 is 16.8 Å². The molecule has 0 aliphatic heterocycles. The Labute approximate surface area is 194 Å². The normalized spacial score (nSPS) is 18.4. The minimum absolute atomic E-state index is 0.0167. The molecule has 0 unspecified atom stereocenters. The molecule has 4 rings (SSSR count). The number of ether oxygens (including phenoxy) is 1. The third-order valence-corrected chi connectivity index (χ3v) is 6.13. The van der Waals surface area contributed by atoms with Crippen LogP contribution < -0.4 is 10.1 Å². The molecule has 1 aliphatic carbocycles. The van der Waals surface area contributed by atoms with Gasteiger partial charge in [0, 0.05) is 29.9 Å². The number of fused-ring (bicyclic) bond motifs is 1. The van der Waals surface area contributed by atoms with Gasteiger partial charge in [-0.2, -0.15) is 5.26 Å². The van der Waals surface area contributed by atoms with Crippen LogP contribution in [0.1, 0.15) is 47.3 Å². The van der Waals surface area contributed by atoms with Crippen LogP contribution in [0.3, 0.4) is 0 Å². The predicted octanol–water partition coefficient (Wildman–Crippen LogP) is 4.74. The lowest BCUT2D eigenvalue weighted by Crippen LogP contribution is -2.37. The second kappa shape index (κ2) is 9.77. The van der Waals surface area contributed by atoms with E-state index in [2.05, 4.69) is 16.1 Å². The van der Waals surface area contributed by atoms with Crippen LogP contribution in [-0.2, 0) is 6.54 Å². The number of hydrogen-bond acceptors (Lipinski definition) is 4. The number of aliphatic hydroxyl groups excluding tert-OH is 1. The minimum atomic E-state index is -4.80. The number of rotatable bonds is 6. The van der Waals surface area contributed by atoms with Crippen LogP contribution >= 0.6 is 0 Å². The first-order chi connectivity index (χ1) is 16.2. The molecular weight excluding hydrogens is 447 g/mol. The molecule has 2 N–H and O–H groups in total. The van der Waals surface area contributed by atoms with Crippen molar-refractivity contribution < 1.29 is 27.8 Å². The van der Waals surface area contributed by atoms with E-state index in [1.54, 1.807) is 34.9 Å². The Bertz CT molecular complexity index is 1230. The van der Waals surface area contributed by atoms with Crippen LogP contribution in [0.25, 0.3) is 10.9 Å². The SMILES string of the molecule is N#Cc1ccc2c(c1)cc(C(=O)NC[C@H]1CCCC[C@@H]1O)n2Cc1cccc(OC(F)(F)F)c1. The summed E-state index contributed by atoms with van der Waals surface area (Å²) in [4.78, 5) is 13.1. The van der Waals surface area contributed by atoms with Crippen LogP contribution in [0.2, 0.25) is 0 Å². The number of carbonyl (C=O) groups excluding carboxylic acids is 1. The highest BCUT2D eigenvalue weighted by atomic mass is 19.4. The predicted molar refractivity (Wildman–Crippen MR) is 119 cm³/mol. The number of hydrogen-bond donors (Lipinski definition) is 2. The molecule has 1 aromatic heterocycles. The lowest BCUT2D eigenvalue weighted by atomic mass is 9.86. The first-order valence-electron chi connectivity index (χ1n) is 11.1. The van der Waals surface area contributed by atoms with Gasteiger partial charge in [0.15, 0.2) is 0 Å². The smallest absolute Gasteiger partial charge is 0.406 e. The summed E-state index contributed by atoms with van der Waals surface area (Å²) in [6, 6.07) is 14.3. The molecule has 2 atom stereocenters. The number of aromatic nitrogens is 1. The Kier molecular flexibility index (Phi) is 6.80. The van der Waals surface area contributed by atoms with Gasteiger partial charge in [0.25, 0.3) is 5.91 Å². The van der Waals surface area contributed by atoms with Gasteiger partial charge in [0.1, 0.15) is 11.4 Å². The fraction of sp³-hybridized carbons (Fsp3) is 0.360. The average molecular weight is 471 g/mol. The van der Waals surface area contributed by atoms with Crippen molar-refractivity contribution in [2.45, 2.75) is 44.7 Å². The fourth-order valence-corrected chi connectivity index (χ4v) is 4.46. The molecule has 1 saturated carbocycles. The Morgan fingerprint density at radius 2 is 1.97 bits per heavy atom. The van der Waals surface area contributed by atoms with Crippen molar-refractivity contribution in [2.24, 2.45) is 5.92 Å². The van der Waals surface area contributed by atoms with E-state index in [0.29, 0.717) is 40.7 Å². The lowest BCUT2D eigenvalue weighted by molar-refractivity contribution is -0.274. The van der Waals surface area contributed by atoms with Gasteiger partial charge >= 0.3 is 6.36 Å². The summed E-state index contributed by atoms with van der Waals surface area (Å²) < 4.78 is 43.7. The number of aliphatic hydroxyl groups is 1. The highest BCUT2D eigenvalue weighted by Gasteiger charge is 2.31. The number of alkyl halides is 3. The Balaban J connectivity index is 1.63. The van der Waals surface area contributed by atoms with Crippen molar-refractivity contribution in [3.63, 3.8) is 0 Å². The second-order valence-corrected chi connectivity index (χ2v) is 8.52. The summed E-state index contributed by atoms with van der Waals surface area (Å²) in [6.45, 7) is 0.457. The zero-order chi connectivity index (χ0) is 24.3. The first-order valence-corrected chi connectivity index (χ1v) is 11.1. The Hall–Kier alpha value is -3.51. The molecule has 1 fully saturated rings. The summed E-state index contributed by atoms with van der Waals surface area (Å²) >= 11 is 0. The molecule has 9 heteroatoms. The summed E-state index contributed by atoms with van der Waals surface area (Å²) in [5, 5.41) is 23.0. The van der Waals surface area contributed by atoms with Crippen molar-refractivity contribution in [2.75, 3.05) is 6.54 Å². The van der Waals surface area contributed by atoms with Crippen molar-refractivity contribution in [1.82, 2.24) is 9.88 Å². The molecule has 1 aliphatic rings. The minimum Gasteiger partial charge on any atom is -0.406 e. The van der Waals surface area contributed by atoms with Crippen LogP contribution in [0, 0.1) is 17.2 Å². The van der Waals surface area contributed by atoms with Crippen LogP contribution in [0.15, 0.2) is 48.5 Å². The third kappa shape index (κ3) is 5.51. The van der Waals surface area contributed by atoms with Crippen molar-refractivity contribution in [1.29, 1.82) is 5.26 Å². The average Bonchev–Trinajstić information content (AvgIpc) is 3.15. The number of nitrogens with one attached hydrogen (secondary N) is 1. The van der Waals surface area contributed by atoms with Crippen LogP contribution in [-0.4, -0.2) is 34.6 Å². The van der Waals surface area contributed by atoms with E-state index in [-0.39, 0.29) is 24.1 Å². The van der Waals surface area contributed by atoms with E-state index in [4.69, 9.17) is 0 Å². The summed E-state index contributed by atoms with van der Waals surface area (Å²) in [5.41, 5.74) is 1.93. The third-order valence-electron chi connectivity index (χ3n) is 6.13. The maximum absolute atomic E-state index is 13.1. The van der Waals surface area contributed by atoms with Gasteiger partial charge in [-0.25, -0.2) is 0 Å². The van der Waals surface area contributed by atoms with Crippen molar-refractivity contribution in [3.05, 3.63) is 65.4 Å². The highest BCUT2D eigenvalue weighted by Crippen LogP contribution is 2.27. The monoisotopic (exact) mass is 471 g/mol. The maximum atomic E-state index is 13.1. The molecule has 0 spiro atoms. The highest BCUT2D eigenvalue weighted by molar-refractivity contribution is 5.99. The lowest BCUT2D eigenvalue weighted by Gasteiger charge is -2.27. The number of nitriles is 1. The Morgan fingerprint density at radius 3 is 2.71 bits per heavy atom. The quantitative estimate of drug-likeness (QED) is 0.544. The zero-order valence-electron chi connectivity index (χ0n) is 18.3. The molecule has 3 aromatic rings.